The van der Waals surface area contributed by atoms with Crippen molar-refractivity contribution in [3.05, 3.63) is 36.5 Å². The van der Waals surface area contributed by atoms with E-state index in [2.05, 4.69) is 43.5 Å². The number of aliphatic hydroxyl groups is 2. The van der Waals surface area contributed by atoms with Crippen LogP contribution in [-0.4, -0.2) is 47.4 Å². The van der Waals surface area contributed by atoms with Crippen LogP contribution in [0, 0.1) is 0 Å². The lowest BCUT2D eigenvalue weighted by molar-refractivity contribution is -0.143. The third-order valence-electron chi connectivity index (χ3n) is 13.6. The highest BCUT2D eigenvalue weighted by Crippen LogP contribution is 2.16. The molecule has 0 heterocycles. The van der Waals surface area contributed by atoms with Crippen molar-refractivity contribution in [3.63, 3.8) is 0 Å². The molecular weight excluding hydrogens is 827 g/mol. The highest BCUT2D eigenvalue weighted by Gasteiger charge is 2.18. The average Bonchev–Trinajstić information content (AvgIpc) is 3.33. The molecule has 0 aromatic carbocycles. The van der Waals surface area contributed by atoms with Crippen molar-refractivity contribution in [3.8, 4) is 0 Å². The van der Waals surface area contributed by atoms with E-state index < -0.39 is 12.1 Å². The molecule has 0 spiro atoms. The molecule has 0 bridgehead atoms. The van der Waals surface area contributed by atoms with E-state index in [1.54, 1.807) is 6.08 Å². The minimum Gasteiger partial charge on any atom is -0.466 e. The van der Waals surface area contributed by atoms with E-state index in [4.69, 9.17) is 4.74 Å². The van der Waals surface area contributed by atoms with Crippen LogP contribution in [0.15, 0.2) is 36.5 Å². The van der Waals surface area contributed by atoms with Crippen LogP contribution in [0.4, 0.5) is 0 Å². The Morgan fingerprint density at radius 1 is 0.403 bits per heavy atom. The maximum atomic E-state index is 12.5. The van der Waals surface area contributed by atoms with Crippen LogP contribution in [0.1, 0.15) is 316 Å². The minimum absolute atomic E-state index is 0.00573. The van der Waals surface area contributed by atoms with E-state index in [0.29, 0.717) is 19.4 Å². The van der Waals surface area contributed by atoms with E-state index in [1.807, 2.05) is 6.08 Å². The predicted molar refractivity (Wildman–Crippen MR) is 292 cm³/mol. The quantitative estimate of drug-likeness (QED) is 0.0321. The largest absolute Gasteiger partial charge is 0.466 e. The van der Waals surface area contributed by atoms with Gasteiger partial charge in [-0.05, 0) is 83.5 Å². The SMILES string of the molecule is CCCCCCCCC/C=C\CCCCCCCCCC(=O)OCCCCCCCC/C=C\CCCCCCCCCC(=O)NC(CO)C(O)/C=C/CCCCCCCCCCCCCCC. The van der Waals surface area contributed by atoms with Crippen molar-refractivity contribution in [1.29, 1.82) is 0 Å². The second kappa shape index (κ2) is 56.7. The summed E-state index contributed by atoms with van der Waals surface area (Å²) in [4.78, 5) is 24.5. The van der Waals surface area contributed by atoms with Gasteiger partial charge in [0.05, 0.1) is 25.4 Å². The summed E-state index contributed by atoms with van der Waals surface area (Å²) in [5, 5.41) is 23.1. The first kappa shape index (κ1) is 65.1. The highest BCUT2D eigenvalue weighted by molar-refractivity contribution is 5.76. The summed E-state index contributed by atoms with van der Waals surface area (Å²) in [5.41, 5.74) is 0. The number of hydrogen-bond donors (Lipinski definition) is 3. The number of allylic oxidation sites excluding steroid dienone is 5. The summed E-state index contributed by atoms with van der Waals surface area (Å²) < 4.78 is 5.48. The molecule has 0 saturated carbocycles. The molecule has 2 unspecified atom stereocenters. The smallest absolute Gasteiger partial charge is 0.305 e. The number of carbonyl (C=O) groups excluding carboxylic acids is 2. The van der Waals surface area contributed by atoms with Gasteiger partial charge in [-0.1, -0.05) is 256 Å². The van der Waals surface area contributed by atoms with Crippen molar-refractivity contribution in [2.45, 2.75) is 328 Å². The molecule has 0 fully saturated rings. The van der Waals surface area contributed by atoms with Crippen molar-refractivity contribution in [1.82, 2.24) is 5.32 Å². The molecule has 0 aliphatic heterocycles. The molecule has 2 atom stereocenters. The van der Waals surface area contributed by atoms with Crippen molar-refractivity contribution in [2.24, 2.45) is 0 Å². The van der Waals surface area contributed by atoms with Crippen LogP contribution in [0.25, 0.3) is 0 Å². The molecule has 394 valence electrons. The second-order valence-electron chi connectivity index (χ2n) is 20.3. The van der Waals surface area contributed by atoms with Crippen LogP contribution in [0.5, 0.6) is 0 Å². The van der Waals surface area contributed by atoms with Crippen LogP contribution < -0.4 is 5.32 Å². The van der Waals surface area contributed by atoms with Gasteiger partial charge < -0.3 is 20.3 Å². The molecule has 0 aromatic rings. The lowest BCUT2D eigenvalue weighted by Crippen LogP contribution is -2.45. The van der Waals surface area contributed by atoms with Gasteiger partial charge in [-0.15, -0.1) is 0 Å². The zero-order valence-corrected chi connectivity index (χ0v) is 44.9. The molecule has 0 radical (unpaired) electrons. The summed E-state index contributed by atoms with van der Waals surface area (Å²) in [6, 6.07) is -0.637. The van der Waals surface area contributed by atoms with Gasteiger partial charge in [0.1, 0.15) is 0 Å². The topological polar surface area (TPSA) is 95.9 Å². The summed E-state index contributed by atoms with van der Waals surface area (Å²) in [7, 11) is 0. The third-order valence-corrected chi connectivity index (χ3v) is 13.6. The van der Waals surface area contributed by atoms with E-state index in [1.165, 1.54) is 231 Å². The van der Waals surface area contributed by atoms with Gasteiger partial charge in [0.25, 0.3) is 0 Å². The van der Waals surface area contributed by atoms with Gasteiger partial charge in [-0.3, -0.25) is 9.59 Å². The molecule has 3 N–H and O–H groups in total. The molecule has 6 nitrogen and oxygen atoms in total. The summed E-state index contributed by atoms with van der Waals surface area (Å²) in [6.07, 6.45) is 70.2. The first-order valence-corrected chi connectivity index (χ1v) is 29.8. The Hall–Kier alpha value is -1.92. The van der Waals surface area contributed by atoms with Gasteiger partial charge in [0.15, 0.2) is 0 Å². The fourth-order valence-electron chi connectivity index (χ4n) is 9.03. The Labute approximate surface area is 417 Å². The van der Waals surface area contributed by atoms with Gasteiger partial charge in [0.2, 0.25) is 5.91 Å². The highest BCUT2D eigenvalue weighted by atomic mass is 16.5. The van der Waals surface area contributed by atoms with Crippen molar-refractivity contribution < 1.29 is 24.5 Å². The van der Waals surface area contributed by atoms with Gasteiger partial charge in [-0.2, -0.15) is 0 Å². The van der Waals surface area contributed by atoms with Gasteiger partial charge >= 0.3 is 5.97 Å². The maximum absolute atomic E-state index is 12.5. The standard InChI is InChI=1S/C61H115NO5/c1-3-5-7-9-11-13-15-17-19-20-23-27-31-35-39-43-47-51-55-61(66)67-56-52-48-44-40-36-32-28-24-21-22-26-30-34-38-42-46-50-54-60(65)62-58(57-63)59(64)53-49-45-41-37-33-29-25-18-16-14-12-10-8-6-4-2/h19-21,24,49,53,58-59,63-64H,3-18,22-23,25-48,50-52,54-57H2,1-2H3,(H,62,65)/b20-19-,24-21-,53-49+. The number of nitrogens with one attached hydrogen (secondary N) is 1. The van der Waals surface area contributed by atoms with E-state index in [9.17, 15) is 19.8 Å². The summed E-state index contributed by atoms with van der Waals surface area (Å²) >= 11 is 0. The molecule has 67 heavy (non-hydrogen) atoms. The zero-order chi connectivity index (χ0) is 48.6. The fourth-order valence-corrected chi connectivity index (χ4v) is 9.03. The Kier molecular flexibility index (Phi) is 55.0. The lowest BCUT2D eigenvalue weighted by Gasteiger charge is -2.20. The van der Waals surface area contributed by atoms with Crippen LogP contribution >= 0.6 is 0 Å². The number of hydrogen-bond acceptors (Lipinski definition) is 5. The first-order chi connectivity index (χ1) is 33.0. The van der Waals surface area contributed by atoms with E-state index in [0.717, 1.165) is 57.8 Å². The fraction of sp³-hybridized carbons (Fsp3) is 0.869. The summed E-state index contributed by atoms with van der Waals surface area (Å²) in [5.74, 6) is -0.0852. The monoisotopic (exact) mass is 942 g/mol. The van der Waals surface area contributed by atoms with Crippen LogP contribution in [-0.2, 0) is 14.3 Å². The molecule has 6 heteroatoms. The number of aliphatic hydroxyl groups excluding tert-OH is 2. The molecule has 0 aliphatic carbocycles. The number of carbonyl (C=O) groups is 2. The predicted octanol–water partition coefficient (Wildman–Crippen LogP) is 18.4. The number of unbranched alkanes of at least 4 members (excludes halogenated alkanes) is 40. The average molecular weight is 943 g/mol. The van der Waals surface area contributed by atoms with E-state index in [-0.39, 0.29) is 18.5 Å². The molecule has 0 aliphatic rings. The van der Waals surface area contributed by atoms with Gasteiger partial charge in [-0.25, -0.2) is 0 Å². The van der Waals surface area contributed by atoms with Crippen molar-refractivity contribution in [2.75, 3.05) is 13.2 Å². The van der Waals surface area contributed by atoms with Crippen LogP contribution in [0.2, 0.25) is 0 Å². The Morgan fingerprint density at radius 3 is 1.06 bits per heavy atom. The number of amides is 1. The third kappa shape index (κ3) is 53.3. The zero-order valence-electron chi connectivity index (χ0n) is 44.9. The molecule has 0 aromatic heterocycles. The Bertz CT molecular complexity index is 1090. The lowest BCUT2D eigenvalue weighted by atomic mass is 10.0. The van der Waals surface area contributed by atoms with E-state index >= 15 is 0 Å². The Morgan fingerprint density at radius 2 is 0.701 bits per heavy atom. The maximum Gasteiger partial charge on any atom is 0.305 e. The molecule has 0 rings (SSSR count). The van der Waals surface area contributed by atoms with Crippen LogP contribution in [0.3, 0.4) is 0 Å². The molecule has 0 saturated heterocycles. The van der Waals surface area contributed by atoms with Gasteiger partial charge in [0, 0.05) is 12.8 Å². The number of ether oxygens (including phenoxy) is 1. The molecule has 1 amide bonds. The Balaban J connectivity index is 3.47. The second-order valence-corrected chi connectivity index (χ2v) is 20.3. The molecular formula is C61H115NO5. The first-order valence-electron chi connectivity index (χ1n) is 29.8. The van der Waals surface area contributed by atoms with Crippen molar-refractivity contribution >= 4 is 11.9 Å². The number of rotatable bonds is 55. The minimum atomic E-state index is -0.852. The normalized spacial score (nSPS) is 12.8. The number of esters is 1. The summed E-state index contributed by atoms with van der Waals surface area (Å²) in [6.45, 7) is 4.89.